The second-order valence-corrected chi connectivity index (χ2v) is 5.96. The van der Waals surface area contributed by atoms with E-state index in [2.05, 4.69) is 46.7 Å². The minimum absolute atomic E-state index is 0.0972. The molecule has 4 heteroatoms. The van der Waals surface area contributed by atoms with Crippen molar-refractivity contribution in [3.63, 3.8) is 0 Å². The summed E-state index contributed by atoms with van der Waals surface area (Å²) in [6, 6.07) is 8.27. The first kappa shape index (κ1) is 15.0. The second kappa shape index (κ2) is 6.37. The molecular formula is C16H25N3O. The van der Waals surface area contributed by atoms with Crippen LogP contribution in [0.5, 0.6) is 0 Å². The summed E-state index contributed by atoms with van der Waals surface area (Å²) >= 11 is 0. The van der Waals surface area contributed by atoms with Crippen molar-refractivity contribution < 1.29 is 4.79 Å². The summed E-state index contributed by atoms with van der Waals surface area (Å²) in [5.41, 5.74) is 1.92. The third-order valence-corrected chi connectivity index (χ3v) is 4.04. The van der Waals surface area contributed by atoms with Gasteiger partial charge in [-0.15, -0.1) is 0 Å². The van der Waals surface area contributed by atoms with Crippen molar-refractivity contribution in [3.8, 4) is 0 Å². The van der Waals surface area contributed by atoms with Crippen molar-refractivity contribution in [1.82, 2.24) is 15.5 Å². The van der Waals surface area contributed by atoms with Crippen molar-refractivity contribution in [2.24, 2.45) is 0 Å². The van der Waals surface area contributed by atoms with Crippen LogP contribution in [-0.4, -0.2) is 42.5 Å². The molecule has 1 heterocycles. The van der Waals surface area contributed by atoms with Crippen molar-refractivity contribution in [2.75, 3.05) is 26.2 Å². The van der Waals surface area contributed by atoms with E-state index in [-0.39, 0.29) is 5.91 Å². The van der Waals surface area contributed by atoms with Gasteiger partial charge in [-0.2, -0.15) is 0 Å². The van der Waals surface area contributed by atoms with Crippen LogP contribution in [0.4, 0.5) is 0 Å². The third-order valence-electron chi connectivity index (χ3n) is 4.04. The lowest BCUT2D eigenvalue weighted by molar-refractivity contribution is -0.132. The zero-order valence-electron chi connectivity index (χ0n) is 12.7. The van der Waals surface area contributed by atoms with E-state index in [1.165, 1.54) is 5.56 Å². The summed E-state index contributed by atoms with van der Waals surface area (Å²) in [5, 5.41) is 6.37. The minimum Gasteiger partial charge on any atom is -0.350 e. The number of nitrogens with one attached hydrogen (secondary N) is 2. The van der Waals surface area contributed by atoms with Crippen LogP contribution in [0.25, 0.3) is 0 Å². The molecule has 0 bridgehead atoms. The molecule has 20 heavy (non-hydrogen) atoms. The predicted molar refractivity (Wildman–Crippen MR) is 81.5 cm³/mol. The number of hydrogen-bond acceptors (Lipinski definition) is 3. The Hall–Kier alpha value is -1.39. The number of rotatable bonds is 4. The lowest BCUT2D eigenvalue weighted by atomic mass is 10.00. The van der Waals surface area contributed by atoms with Crippen LogP contribution in [0, 0.1) is 6.92 Å². The Morgan fingerprint density at radius 3 is 2.45 bits per heavy atom. The van der Waals surface area contributed by atoms with E-state index in [4.69, 9.17) is 0 Å². The first-order valence-corrected chi connectivity index (χ1v) is 7.30. The first-order chi connectivity index (χ1) is 9.50. The zero-order valence-corrected chi connectivity index (χ0v) is 12.7. The topological polar surface area (TPSA) is 44.4 Å². The number of benzene rings is 1. The maximum atomic E-state index is 12.4. The van der Waals surface area contributed by atoms with Gasteiger partial charge in [-0.25, -0.2) is 0 Å². The van der Waals surface area contributed by atoms with Crippen molar-refractivity contribution in [1.29, 1.82) is 0 Å². The number of aryl methyl sites for hydroxylation is 1. The van der Waals surface area contributed by atoms with E-state index in [1.54, 1.807) is 0 Å². The molecule has 1 aromatic rings. The van der Waals surface area contributed by atoms with E-state index in [1.807, 2.05) is 13.8 Å². The minimum atomic E-state index is -0.452. The summed E-state index contributed by atoms with van der Waals surface area (Å²) in [5.74, 6) is 0.0972. The van der Waals surface area contributed by atoms with E-state index >= 15 is 0 Å². The molecule has 1 aliphatic heterocycles. The molecule has 2 rings (SSSR count). The van der Waals surface area contributed by atoms with Crippen LogP contribution in [0.3, 0.4) is 0 Å². The number of nitrogens with zero attached hydrogens (tertiary/aromatic N) is 1. The number of amides is 1. The lowest BCUT2D eigenvalue weighted by Crippen LogP contribution is -2.59. The Balaban J connectivity index is 1.91. The second-order valence-electron chi connectivity index (χ2n) is 5.96. The maximum absolute atomic E-state index is 12.4. The molecule has 1 aromatic carbocycles. The Morgan fingerprint density at radius 2 is 1.85 bits per heavy atom. The number of hydrogen-bond donors (Lipinski definition) is 2. The fourth-order valence-corrected chi connectivity index (χ4v) is 2.47. The van der Waals surface area contributed by atoms with Gasteiger partial charge in [-0.05, 0) is 26.3 Å². The quantitative estimate of drug-likeness (QED) is 0.870. The van der Waals surface area contributed by atoms with Gasteiger partial charge in [0.05, 0.1) is 5.54 Å². The molecule has 0 atom stereocenters. The first-order valence-electron chi connectivity index (χ1n) is 7.30. The highest BCUT2D eigenvalue weighted by atomic mass is 16.2. The SMILES string of the molecule is Cc1ccc(CNC(=O)C(C)(C)N2CCNCC2)cc1. The Labute approximate surface area is 121 Å². The standard InChI is InChI=1S/C16H25N3O/c1-13-4-6-14(7-5-13)12-18-15(20)16(2,3)19-10-8-17-9-11-19/h4-7,17H,8-12H2,1-3H3,(H,18,20). The Kier molecular flexibility index (Phi) is 4.78. The largest absolute Gasteiger partial charge is 0.350 e. The van der Waals surface area contributed by atoms with E-state index in [0.29, 0.717) is 6.54 Å². The molecule has 1 saturated heterocycles. The molecule has 2 N–H and O–H groups in total. The van der Waals surface area contributed by atoms with E-state index < -0.39 is 5.54 Å². The van der Waals surface area contributed by atoms with Crippen LogP contribution in [0.1, 0.15) is 25.0 Å². The maximum Gasteiger partial charge on any atom is 0.240 e. The van der Waals surface area contributed by atoms with Gasteiger partial charge in [0.25, 0.3) is 0 Å². The number of piperazine rings is 1. The summed E-state index contributed by atoms with van der Waals surface area (Å²) < 4.78 is 0. The number of carbonyl (C=O) groups excluding carboxylic acids is 1. The highest BCUT2D eigenvalue weighted by Gasteiger charge is 2.34. The molecule has 0 aliphatic carbocycles. The Bertz CT molecular complexity index is 447. The van der Waals surface area contributed by atoms with Crippen molar-refractivity contribution in [3.05, 3.63) is 35.4 Å². The van der Waals surface area contributed by atoms with Gasteiger partial charge in [-0.3, -0.25) is 9.69 Å². The van der Waals surface area contributed by atoms with Gasteiger partial charge >= 0.3 is 0 Å². The van der Waals surface area contributed by atoms with Crippen LogP contribution in [0.15, 0.2) is 24.3 Å². The normalized spacial score (nSPS) is 16.9. The van der Waals surface area contributed by atoms with Crippen LogP contribution in [0.2, 0.25) is 0 Å². The van der Waals surface area contributed by atoms with E-state index in [9.17, 15) is 4.79 Å². The van der Waals surface area contributed by atoms with Gasteiger partial charge < -0.3 is 10.6 Å². The third kappa shape index (κ3) is 3.58. The fourth-order valence-electron chi connectivity index (χ4n) is 2.47. The lowest BCUT2D eigenvalue weighted by Gasteiger charge is -2.39. The fraction of sp³-hybridized carbons (Fsp3) is 0.562. The van der Waals surface area contributed by atoms with Gasteiger partial charge in [-0.1, -0.05) is 29.8 Å². The van der Waals surface area contributed by atoms with Gasteiger partial charge in [0.1, 0.15) is 0 Å². The molecule has 4 nitrogen and oxygen atoms in total. The molecule has 0 aromatic heterocycles. The molecule has 1 fully saturated rings. The van der Waals surface area contributed by atoms with Crippen molar-refractivity contribution in [2.45, 2.75) is 32.9 Å². The van der Waals surface area contributed by atoms with Crippen LogP contribution in [-0.2, 0) is 11.3 Å². The Morgan fingerprint density at radius 1 is 1.25 bits per heavy atom. The van der Waals surface area contributed by atoms with Gasteiger partial charge in [0, 0.05) is 32.7 Å². The predicted octanol–water partition coefficient (Wildman–Crippen LogP) is 1.30. The molecular weight excluding hydrogens is 250 g/mol. The molecule has 0 radical (unpaired) electrons. The molecule has 1 amide bonds. The average molecular weight is 275 g/mol. The molecule has 1 aliphatic rings. The number of carbonyl (C=O) groups is 1. The molecule has 0 spiro atoms. The van der Waals surface area contributed by atoms with Crippen LogP contribution >= 0.6 is 0 Å². The summed E-state index contributed by atoms with van der Waals surface area (Å²) in [7, 11) is 0. The summed E-state index contributed by atoms with van der Waals surface area (Å²) in [4.78, 5) is 14.7. The van der Waals surface area contributed by atoms with E-state index in [0.717, 1.165) is 31.7 Å². The average Bonchev–Trinajstić information content (AvgIpc) is 2.47. The smallest absolute Gasteiger partial charge is 0.240 e. The van der Waals surface area contributed by atoms with Crippen molar-refractivity contribution >= 4 is 5.91 Å². The van der Waals surface area contributed by atoms with Gasteiger partial charge in [0.15, 0.2) is 0 Å². The molecule has 110 valence electrons. The van der Waals surface area contributed by atoms with Gasteiger partial charge in [0.2, 0.25) is 5.91 Å². The summed E-state index contributed by atoms with van der Waals surface area (Å²) in [6.45, 7) is 10.4. The highest BCUT2D eigenvalue weighted by molar-refractivity contribution is 5.85. The summed E-state index contributed by atoms with van der Waals surface area (Å²) in [6.07, 6.45) is 0. The monoisotopic (exact) mass is 275 g/mol. The highest BCUT2D eigenvalue weighted by Crippen LogP contribution is 2.15. The molecule has 0 unspecified atom stereocenters. The van der Waals surface area contributed by atoms with Crippen LogP contribution < -0.4 is 10.6 Å². The zero-order chi connectivity index (χ0) is 14.6. The molecule has 0 saturated carbocycles.